The maximum absolute atomic E-state index is 12.8. The van der Waals surface area contributed by atoms with Crippen LogP contribution in [0.4, 0.5) is 0 Å². The molecule has 0 rings (SSSR count). The topological polar surface area (TPSA) is 78.9 Å². The van der Waals surface area contributed by atoms with E-state index in [0.29, 0.717) is 19.3 Å². The molecule has 0 aliphatic carbocycles. The largest absolute Gasteiger partial charge is 0.462 e. The number of esters is 3. The third-order valence-electron chi connectivity index (χ3n) is 11.4. The van der Waals surface area contributed by atoms with Crippen LogP contribution in [0, 0.1) is 0 Å². The highest BCUT2D eigenvalue weighted by Gasteiger charge is 2.19. The molecule has 0 aliphatic rings. The first kappa shape index (κ1) is 61.6. The average Bonchev–Trinajstić information content (AvgIpc) is 3.30. The SMILES string of the molecule is CC/C=C\C/C=C\C/C=C\C/C=C\C/C=C\CCCCCCCC(=O)OCC(COC(=O)CCCCCCCCCC)OC(=O)CCCCCCCCC/C=C\C/C=C\CCCCCC. The average molecular weight is 905 g/mol. The van der Waals surface area contributed by atoms with Crippen LogP contribution in [0.5, 0.6) is 0 Å². The van der Waals surface area contributed by atoms with E-state index in [4.69, 9.17) is 14.2 Å². The summed E-state index contributed by atoms with van der Waals surface area (Å²) in [6.07, 6.45) is 68.6. The summed E-state index contributed by atoms with van der Waals surface area (Å²) in [6, 6.07) is 0. The molecule has 0 aromatic heterocycles. The molecule has 6 heteroatoms. The molecule has 1 unspecified atom stereocenters. The standard InChI is InChI=1S/C59H100O6/c1-4-7-10-13-16-19-21-23-25-27-29-30-31-33-34-36-38-40-43-46-49-52-58(61)64-55-56(54-63-57(60)51-48-45-42-18-15-12-9-6-3)65-59(62)53-50-47-44-41-39-37-35-32-28-26-24-22-20-17-14-11-8-5-2/h7,10,16,19-20,22-23,25-26,28-30,33-34,56H,4-6,8-9,11-15,17-18,21,24,27,31-32,35-55H2,1-3H3/b10-7-,19-16-,22-20-,25-23-,28-26-,30-29-,34-33-. The van der Waals surface area contributed by atoms with Gasteiger partial charge < -0.3 is 14.2 Å². The van der Waals surface area contributed by atoms with Crippen LogP contribution in [0.1, 0.15) is 252 Å². The first-order valence-corrected chi connectivity index (χ1v) is 27.1. The number of hydrogen-bond acceptors (Lipinski definition) is 6. The monoisotopic (exact) mass is 905 g/mol. The second-order valence-corrected chi connectivity index (χ2v) is 17.8. The van der Waals surface area contributed by atoms with Crippen LogP contribution in [-0.2, 0) is 28.6 Å². The molecular formula is C59H100O6. The number of rotatable bonds is 48. The predicted molar refractivity (Wildman–Crippen MR) is 279 cm³/mol. The summed E-state index contributed by atoms with van der Waals surface area (Å²) in [5, 5.41) is 0. The predicted octanol–water partition coefficient (Wildman–Crippen LogP) is 18.0. The van der Waals surface area contributed by atoms with E-state index in [2.05, 4.69) is 106 Å². The van der Waals surface area contributed by atoms with Crippen molar-refractivity contribution in [2.75, 3.05) is 13.2 Å². The van der Waals surface area contributed by atoms with Gasteiger partial charge in [-0.25, -0.2) is 0 Å². The summed E-state index contributed by atoms with van der Waals surface area (Å²) < 4.78 is 16.8. The van der Waals surface area contributed by atoms with Crippen LogP contribution >= 0.6 is 0 Å². The lowest BCUT2D eigenvalue weighted by atomic mass is 10.1. The third-order valence-corrected chi connectivity index (χ3v) is 11.4. The lowest BCUT2D eigenvalue weighted by Gasteiger charge is -2.18. The van der Waals surface area contributed by atoms with Crippen molar-refractivity contribution in [2.45, 2.75) is 258 Å². The molecule has 0 heterocycles. The van der Waals surface area contributed by atoms with Crippen LogP contribution in [0.25, 0.3) is 0 Å². The van der Waals surface area contributed by atoms with Gasteiger partial charge in [-0.05, 0) is 96.3 Å². The van der Waals surface area contributed by atoms with E-state index in [0.717, 1.165) is 122 Å². The molecular weight excluding hydrogens is 805 g/mol. The van der Waals surface area contributed by atoms with Gasteiger partial charge in [0.05, 0.1) is 0 Å². The molecule has 0 N–H and O–H groups in total. The van der Waals surface area contributed by atoms with E-state index in [-0.39, 0.29) is 31.1 Å². The summed E-state index contributed by atoms with van der Waals surface area (Å²) in [4.78, 5) is 37.9. The smallest absolute Gasteiger partial charge is 0.306 e. The maximum atomic E-state index is 12.8. The first-order chi connectivity index (χ1) is 32.0. The second kappa shape index (κ2) is 53.2. The summed E-state index contributed by atoms with van der Waals surface area (Å²) in [7, 11) is 0. The minimum Gasteiger partial charge on any atom is -0.462 e. The van der Waals surface area contributed by atoms with E-state index in [9.17, 15) is 14.4 Å². The van der Waals surface area contributed by atoms with Gasteiger partial charge in [-0.1, -0.05) is 221 Å². The van der Waals surface area contributed by atoms with Gasteiger partial charge in [0.25, 0.3) is 0 Å². The number of carbonyl (C=O) groups is 3. The Morgan fingerprint density at radius 2 is 0.600 bits per heavy atom. The molecule has 372 valence electrons. The van der Waals surface area contributed by atoms with E-state index in [1.165, 1.54) is 89.9 Å². The highest BCUT2D eigenvalue weighted by Crippen LogP contribution is 2.14. The van der Waals surface area contributed by atoms with Crippen LogP contribution in [-0.4, -0.2) is 37.2 Å². The Balaban J connectivity index is 4.33. The van der Waals surface area contributed by atoms with E-state index < -0.39 is 6.10 Å². The van der Waals surface area contributed by atoms with Crippen LogP contribution in [0.3, 0.4) is 0 Å². The molecule has 1 atom stereocenters. The highest BCUT2D eigenvalue weighted by atomic mass is 16.6. The molecule has 0 radical (unpaired) electrons. The van der Waals surface area contributed by atoms with Crippen molar-refractivity contribution >= 4 is 17.9 Å². The molecule has 0 aromatic rings. The summed E-state index contributed by atoms with van der Waals surface area (Å²) in [5.41, 5.74) is 0. The number of ether oxygens (including phenoxy) is 3. The Kier molecular flexibility index (Phi) is 50.4. The Hall–Kier alpha value is -3.41. The van der Waals surface area contributed by atoms with Gasteiger partial charge in [-0.3, -0.25) is 14.4 Å². The molecule has 0 spiro atoms. The van der Waals surface area contributed by atoms with Gasteiger partial charge in [0.2, 0.25) is 0 Å². The minimum absolute atomic E-state index is 0.0855. The number of unbranched alkanes of at least 4 members (excludes halogenated alkanes) is 23. The summed E-state index contributed by atoms with van der Waals surface area (Å²) in [5.74, 6) is -0.916. The first-order valence-electron chi connectivity index (χ1n) is 27.1. The van der Waals surface area contributed by atoms with Crippen LogP contribution in [0.2, 0.25) is 0 Å². The fourth-order valence-corrected chi connectivity index (χ4v) is 7.32. The Morgan fingerprint density at radius 1 is 0.323 bits per heavy atom. The molecule has 0 bridgehead atoms. The fourth-order valence-electron chi connectivity index (χ4n) is 7.32. The number of carbonyl (C=O) groups excluding carboxylic acids is 3. The molecule has 0 aromatic carbocycles. The quantitative estimate of drug-likeness (QED) is 0.0262. The van der Waals surface area contributed by atoms with Crippen LogP contribution < -0.4 is 0 Å². The van der Waals surface area contributed by atoms with Crippen molar-refractivity contribution in [1.29, 1.82) is 0 Å². The van der Waals surface area contributed by atoms with E-state index >= 15 is 0 Å². The van der Waals surface area contributed by atoms with Gasteiger partial charge in [-0.15, -0.1) is 0 Å². The van der Waals surface area contributed by atoms with Crippen molar-refractivity contribution in [3.8, 4) is 0 Å². The van der Waals surface area contributed by atoms with Gasteiger partial charge in [0, 0.05) is 19.3 Å². The normalized spacial score (nSPS) is 12.7. The van der Waals surface area contributed by atoms with E-state index in [1.807, 2.05) is 0 Å². The second-order valence-electron chi connectivity index (χ2n) is 17.8. The molecule has 0 saturated carbocycles. The van der Waals surface area contributed by atoms with Crippen molar-refractivity contribution in [3.63, 3.8) is 0 Å². The summed E-state index contributed by atoms with van der Waals surface area (Å²) in [6.45, 7) is 6.46. The molecule has 6 nitrogen and oxygen atoms in total. The lowest BCUT2D eigenvalue weighted by Crippen LogP contribution is -2.30. The Labute approximate surface area is 401 Å². The van der Waals surface area contributed by atoms with Crippen molar-refractivity contribution in [1.82, 2.24) is 0 Å². The van der Waals surface area contributed by atoms with E-state index in [1.54, 1.807) is 0 Å². The lowest BCUT2D eigenvalue weighted by molar-refractivity contribution is -0.167. The Morgan fingerprint density at radius 3 is 0.954 bits per heavy atom. The van der Waals surface area contributed by atoms with Gasteiger partial charge in [0.15, 0.2) is 6.10 Å². The van der Waals surface area contributed by atoms with Gasteiger partial charge >= 0.3 is 17.9 Å². The zero-order valence-corrected chi connectivity index (χ0v) is 42.5. The molecule has 0 fully saturated rings. The van der Waals surface area contributed by atoms with Crippen molar-refractivity contribution in [2.24, 2.45) is 0 Å². The molecule has 65 heavy (non-hydrogen) atoms. The number of allylic oxidation sites excluding steroid dienone is 14. The molecule has 0 aliphatic heterocycles. The third kappa shape index (κ3) is 51.4. The zero-order valence-electron chi connectivity index (χ0n) is 42.5. The summed E-state index contributed by atoms with van der Waals surface area (Å²) >= 11 is 0. The number of hydrogen-bond donors (Lipinski definition) is 0. The minimum atomic E-state index is -0.787. The fraction of sp³-hybridized carbons (Fsp3) is 0.712. The Bertz CT molecular complexity index is 1270. The van der Waals surface area contributed by atoms with Gasteiger partial charge in [-0.2, -0.15) is 0 Å². The van der Waals surface area contributed by atoms with Crippen molar-refractivity contribution < 1.29 is 28.6 Å². The van der Waals surface area contributed by atoms with Crippen molar-refractivity contribution in [3.05, 3.63) is 85.1 Å². The maximum Gasteiger partial charge on any atom is 0.306 e. The van der Waals surface area contributed by atoms with Crippen LogP contribution in [0.15, 0.2) is 85.1 Å². The zero-order chi connectivity index (χ0) is 47.2. The molecule has 0 amide bonds. The van der Waals surface area contributed by atoms with Gasteiger partial charge in [0.1, 0.15) is 13.2 Å². The molecule has 0 saturated heterocycles. The highest BCUT2D eigenvalue weighted by molar-refractivity contribution is 5.71.